The molecule has 0 saturated carbocycles. The van der Waals surface area contributed by atoms with Crippen LogP contribution in [0.2, 0.25) is 0 Å². The first-order valence-corrected chi connectivity index (χ1v) is 16.1. The summed E-state index contributed by atoms with van der Waals surface area (Å²) < 4.78 is 58.4. The third-order valence-electron chi connectivity index (χ3n) is 6.91. The molecule has 0 aliphatic carbocycles. The largest absolute Gasteiger partial charge is 0.379 e. The fraction of sp³-hybridized carbons (Fsp3) is 0.500. The molecule has 0 spiro atoms. The first-order chi connectivity index (χ1) is 18.1. The Morgan fingerprint density at radius 1 is 0.921 bits per heavy atom. The molecule has 0 bridgehead atoms. The summed E-state index contributed by atoms with van der Waals surface area (Å²) in [5, 5.41) is 2.87. The number of benzene rings is 2. The van der Waals surface area contributed by atoms with Crippen molar-refractivity contribution in [3.63, 3.8) is 0 Å². The van der Waals surface area contributed by atoms with E-state index in [9.17, 15) is 21.6 Å². The molecule has 2 heterocycles. The Kier molecular flexibility index (Phi) is 8.96. The van der Waals surface area contributed by atoms with Crippen molar-refractivity contribution < 1.29 is 26.4 Å². The normalized spacial score (nSPS) is 18.1. The lowest BCUT2D eigenvalue weighted by Crippen LogP contribution is -2.41. The maximum absolute atomic E-state index is 12.9. The highest BCUT2D eigenvalue weighted by atomic mass is 32.2. The van der Waals surface area contributed by atoms with Crippen molar-refractivity contribution in [1.82, 2.24) is 9.62 Å². The summed E-state index contributed by atoms with van der Waals surface area (Å²) >= 11 is 0. The second-order valence-corrected chi connectivity index (χ2v) is 13.6. The van der Waals surface area contributed by atoms with Gasteiger partial charge < -0.3 is 15.0 Å². The van der Waals surface area contributed by atoms with Crippen molar-refractivity contribution >= 4 is 37.3 Å². The fourth-order valence-corrected chi connectivity index (χ4v) is 7.01. The smallest absolute Gasteiger partial charge is 0.243 e. The summed E-state index contributed by atoms with van der Waals surface area (Å²) in [6.07, 6.45) is 4.66. The van der Waals surface area contributed by atoms with Gasteiger partial charge in [0.1, 0.15) is 6.54 Å². The molecule has 1 atom stereocenters. The predicted molar refractivity (Wildman–Crippen MR) is 147 cm³/mol. The second-order valence-electron chi connectivity index (χ2n) is 9.71. The van der Waals surface area contributed by atoms with Gasteiger partial charge in [-0.15, -0.1) is 0 Å². The molecule has 0 radical (unpaired) electrons. The van der Waals surface area contributed by atoms with Crippen LogP contribution in [-0.2, 0) is 29.6 Å². The molecule has 10 nitrogen and oxygen atoms in total. The van der Waals surface area contributed by atoms with Gasteiger partial charge in [-0.05, 0) is 68.1 Å². The lowest BCUT2D eigenvalue weighted by atomic mass is 10.1. The van der Waals surface area contributed by atoms with E-state index in [1.54, 1.807) is 0 Å². The van der Waals surface area contributed by atoms with Crippen LogP contribution in [0.4, 0.5) is 11.4 Å². The molecule has 208 valence electrons. The number of amides is 1. The molecule has 12 heteroatoms. The van der Waals surface area contributed by atoms with E-state index in [2.05, 4.69) is 22.3 Å². The van der Waals surface area contributed by atoms with Crippen molar-refractivity contribution in [2.24, 2.45) is 0 Å². The lowest BCUT2D eigenvalue weighted by Gasteiger charge is -2.29. The number of nitrogens with zero attached hydrogens (tertiary/aromatic N) is 3. The highest BCUT2D eigenvalue weighted by Crippen LogP contribution is 2.24. The maximum Gasteiger partial charge on any atom is 0.243 e. The quantitative estimate of drug-likeness (QED) is 0.497. The SMILES string of the molecule is CC(NC(=O)CN(c1ccc(S(=O)(=O)N2CCOCC2)cc1)S(C)(=O)=O)c1ccc(N2CCCCC2)cc1. The molecule has 2 aliphatic heterocycles. The number of piperidine rings is 1. The summed E-state index contributed by atoms with van der Waals surface area (Å²) in [4.78, 5) is 15.3. The molecular weight excluding hydrogens is 528 g/mol. The van der Waals surface area contributed by atoms with Gasteiger partial charge >= 0.3 is 0 Å². The van der Waals surface area contributed by atoms with Crippen molar-refractivity contribution in [3.05, 3.63) is 54.1 Å². The van der Waals surface area contributed by atoms with E-state index < -0.39 is 32.5 Å². The second kappa shape index (κ2) is 12.0. The van der Waals surface area contributed by atoms with Gasteiger partial charge in [0.2, 0.25) is 26.0 Å². The Labute approximate surface area is 225 Å². The fourth-order valence-electron chi connectivity index (χ4n) is 4.75. The van der Waals surface area contributed by atoms with Gasteiger partial charge in [-0.1, -0.05) is 12.1 Å². The van der Waals surface area contributed by atoms with Crippen LogP contribution in [0.25, 0.3) is 0 Å². The molecule has 4 rings (SSSR count). The minimum Gasteiger partial charge on any atom is -0.379 e. The van der Waals surface area contributed by atoms with Crippen LogP contribution < -0.4 is 14.5 Å². The summed E-state index contributed by atoms with van der Waals surface area (Å²) in [6, 6.07) is 13.3. The highest BCUT2D eigenvalue weighted by molar-refractivity contribution is 7.92. The van der Waals surface area contributed by atoms with E-state index in [-0.39, 0.29) is 29.7 Å². The van der Waals surface area contributed by atoms with Gasteiger partial charge in [-0.2, -0.15) is 4.31 Å². The van der Waals surface area contributed by atoms with E-state index in [4.69, 9.17) is 4.74 Å². The van der Waals surface area contributed by atoms with Gasteiger partial charge in [-0.25, -0.2) is 16.8 Å². The molecule has 2 aromatic rings. The first kappa shape index (κ1) is 28.3. The molecule has 1 amide bonds. The van der Waals surface area contributed by atoms with Crippen molar-refractivity contribution in [2.75, 3.05) is 61.4 Å². The number of nitrogens with one attached hydrogen (secondary N) is 1. The van der Waals surface area contributed by atoms with E-state index in [0.29, 0.717) is 13.2 Å². The Balaban J connectivity index is 1.41. The van der Waals surface area contributed by atoms with Crippen LogP contribution in [0.3, 0.4) is 0 Å². The number of rotatable bonds is 9. The summed E-state index contributed by atoms with van der Waals surface area (Å²) in [5.74, 6) is -0.465. The van der Waals surface area contributed by atoms with E-state index in [1.165, 1.54) is 47.8 Å². The third kappa shape index (κ3) is 6.85. The van der Waals surface area contributed by atoms with E-state index in [1.807, 2.05) is 19.1 Å². The van der Waals surface area contributed by atoms with Gasteiger partial charge in [0.05, 0.1) is 36.1 Å². The van der Waals surface area contributed by atoms with Crippen molar-refractivity contribution in [1.29, 1.82) is 0 Å². The molecule has 38 heavy (non-hydrogen) atoms. The Bertz CT molecular complexity index is 1300. The van der Waals surface area contributed by atoms with Crippen molar-refractivity contribution in [3.8, 4) is 0 Å². The average molecular weight is 565 g/mol. The molecule has 2 aromatic carbocycles. The van der Waals surface area contributed by atoms with Crippen LogP contribution in [0.5, 0.6) is 0 Å². The molecule has 0 aromatic heterocycles. The van der Waals surface area contributed by atoms with Crippen LogP contribution in [0.15, 0.2) is 53.4 Å². The summed E-state index contributed by atoms with van der Waals surface area (Å²) in [5.41, 5.74) is 2.29. The standard InChI is InChI=1S/C26H36N4O6S2/c1-21(22-6-8-23(9-7-22)28-14-4-3-5-15-28)27-26(31)20-30(37(2,32)33)24-10-12-25(13-11-24)38(34,35)29-16-18-36-19-17-29/h6-13,21H,3-5,14-20H2,1-2H3,(H,27,31). The zero-order chi connectivity index (χ0) is 27.3. The van der Waals surface area contributed by atoms with Gasteiger partial charge in [0.15, 0.2) is 0 Å². The first-order valence-electron chi connectivity index (χ1n) is 12.9. The molecule has 2 saturated heterocycles. The molecule has 1 unspecified atom stereocenters. The Morgan fingerprint density at radius 2 is 1.53 bits per heavy atom. The Morgan fingerprint density at radius 3 is 2.11 bits per heavy atom. The predicted octanol–water partition coefficient (Wildman–Crippen LogP) is 2.34. The number of morpholine rings is 1. The van der Waals surface area contributed by atoms with Crippen LogP contribution in [-0.4, -0.2) is 79.2 Å². The Hall–Kier alpha value is -2.67. The van der Waals surface area contributed by atoms with Crippen LogP contribution in [0.1, 0.15) is 37.8 Å². The summed E-state index contributed by atoms with van der Waals surface area (Å²) in [6.45, 7) is 4.71. The zero-order valence-corrected chi connectivity index (χ0v) is 23.5. The third-order valence-corrected chi connectivity index (χ3v) is 9.97. The maximum atomic E-state index is 12.9. The molecule has 1 N–H and O–H groups in total. The minimum atomic E-state index is -3.81. The van der Waals surface area contributed by atoms with Gasteiger partial charge in [-0.3, -0.25) is 9.10 Å². The minimum absolute atomic E-state index is 0.0580. The molecule has 2 fully saturated rings. The molecule has 2 aliphatic rings. The number of hydrogen-bond acceptors (Lipinski definition) is 7. The topological polar surface area (TPSA) is 116 Å². The number of carbonyl (C=O) groups excluding carboxylic acids is 1. The van der Waals surface area contributed by atoms with E-state index >= 15 is 0 Å². The van der Waals surface area contributed by atoms with Gasteiger partial charge in [0, 0.05) is 31.9 Å². The highest BCUT2D eigenvalue weighted by Gasteiger charge is 2.27. The van der Waals surface area contributed by atoms with E-state index in [0.717, 1.165) is 34.9 Å². The monoisotopic (exact) mass is 564 g/mol. The number of hydrogen-bond donors (Lipinski definition) is 1. The van der Waals surface area contributed by atoms with Crippen LogP contribution >= 0.6 is 0 Å². The number of ether oxygens (including phenoxy) is 1. The van der Waals surface area contributed by atoms with Crippen LogP contribution in [0, 0.1) is 0 Å². The lowest BCUT2D eigenvalue weighted by molar-refractivity contribution is -0.120. The zero-order valence-electron chi connectivity index (χ0n) is 21.9. The molecular formula is C26H36N4O6S2. The number of anilines is 2. The average Bonchev–Trinajstić information content (AvgIpc) is 2.92. The van der Waals surface area contributed by atoms with Gasteiger partial charge in [0.25, 0.3) is 0 Å². The summed E-state index contributed by atoms with van der Waals surface area (Å²) in [7, 11) is -7.53. The van der Waals surface area contributed by atoms with Crippen molar-refractivity contribution in [2.45, 2.75) is 37.1 Å². The number of sulfonamides is 2. The number of carbonyl (C=O) groups is 1.